The molecule has 0 bridgehead atoms. The van der Waals surface area contributed by atoms with E-state index in [0.29, 0.717) is 39.6 Å². The summed E-state index contributed by atoms with van der Waals surface area (Å²) in [6.45, 7) is 16.3. The van der Waals surface area contributed by atoms with Gasteiger partial charge in [0, 0.05) is 26.4 Å². The molecule has 0 saturated heterocycles. The second kappa shape index (κ2) is 25.7. The first-order valence-corrected chi connectivity index (χ1v) is 8.29. The zero-order chi connectivity index (χ0) is 16.7. The molecule has 0 radical (unpaired) electrons. The lowest BCUT2D eigenvalue weighted by Gasteiger charge is -2.05. The molecule has 0 aliphatic heterocycles. The number of ether oxygens (including phenoxy) is 6. The van der Waals surface area contributed by atoms with Crippen molar-refractivity contribution in [1.82, 2.24) is 0 Å². The SMILES string of the molecule is CCOCCOCC.CCOCCOCCOCCOCC. The zero-order valence-electron chi connectivity index (χ0n) is 14.9. The van der Waals surface area contributed by atoms with Crippen molar-refractivity contribution in [2.45, 2.75) is 27.7 Å². The average molecular weight is 324 g/mol. The zero-order valence-corrected chi connectivity index (χ0v) is 14.9. The molecule has 0 unspecified atom stereocenters. The highest BCUT2D eigenvalue weighted by molar-refractivity contribution is 4.33. The van der Waals surface area contributed by atoms with Crippen LogP contribution in [-0.2, 0) is 28.4 Å². The predicted octanol–water partition coefficient (Wildman–Crippen LogP) is 2.15. The third-order valence-corrected chi connectivity index (χ3v) is 2.30. The molecule has 0 spiro atoms. The van der Waals surface area contributed by atoms with E-state index in [1.54, 1.807) is 0 Å². The average Bonchev–Trinajstić information content (AvgIpc) is 2.54. The van der Waals surface area contributed by atoms with Gasteiger partial charge in [-0.1, -0.05) is 0 Å². The van der Waals surface area contributed by atoms with E-state index < -0.39 is 0 Å². The molecule has 0 saturated carbocycles. The fourth-order valence-corrected chi connectivity index (χ4v) is 1.25. The van der Waals surface area contributed by atoms with Gasteiger partial charge in [0.15, 0.2) is 0 Å². The van der Waals surface area contributed by atoms with E-state index in [-0.39, 0.29) is 0 Å². The van der Waals surface area contributed by atoms with Gasteiger partial charge in [0.05, 0.1) is 52.9 Å². The van der Waals surface area contributed by atoms with Crippen LogP contribution >= 0.6 is 0 Å². The van der Waals surface area contributed by atoms with Gasteiger partial charge < -0.3 is 28.4 Å². The third-order valence-electron chi connectivity index (χ3n) is 2.30. The Hall–Kier alpha value is -0.240. The highest BCUT2D eigenvalue weighted by atomic mass is 16.6. The lowest BCUT2D eigenvalue weighted by atomic mass is 10.7. The fourth-order valence-electron chi connectivity index (χ4n) is 1.25. The summed E-state index contributed by atoms with van der Waals surface area (Å²) in [5.41, 5.74) is 0. The summed E-state index contributed by atoms with van der Waals surface area (Å²) in [5, 5.41) is 0. The van der Waals surface area contributed by atoms with Gasteiger partial charge in [-0.05, 0) is 27.7 Å². The molecule has 0 atom stereocenters. The molecule has 0 aromatic carbocycles. The molecule has 0 aromatic heterocycles. The van der Waals surface area contributed by atoms with Crippen LogP contribution < -0.4 is 0 Å². The molecule has 6 nitrogen and oxygen atoms in total. The van der Waals surface area contributed by atoms with Gasteiger partial charge in [0.2, 0.25) is 0 Å². The molecule has 0 heterocycles. The maximum absolute atomic E-state index is 5.25. The normalized spacial score (nSPS) is 10.4. The summed E-state index contributed by atoms with van der Waals surface area (Å²) >= 11 is 0. The monoisotopic (exact) mass is 324 g/mol. The quantitative estimate of drug-likeness (QED) is 0.406. The smallest absolute Gasteiger partial charge is 0.0701 e. The summed E-state index contributed by atoms with van der Waals surface area (Å²) in [5.74, 6) is 0. The second-order valence-electron chi connectivity index (χ2n) is 4.01. The first-order chi connectivity index (χ1) is 10.8. The molecule has 0 N–H and O–H groups in total. The van der Waals surface area contributed by atoms with Gasteiger partial charge in [0.1, 0.15) is 0 Å². The van der Waals surface area contributed by atoms with Gasteiger partial charge in [-0.15, -0.1) is 0 Å². The molecule has 6 heteroatoms. The second-order valence-corrected chi connectivity index (χ2v) is 4.01. The summed E-state index contributed by atoms with van der Waals surface area (Å²) in [4.78, 5) is 0. The van der Waals surface area contributed by atoms with Crippen LogP contribution in [0.5, 0.6) is 0 Å². The van der Waals surface area contributed by atoms with E-state index in [1.165, 1.54) is 0 Å². The van der Waals surface area contributed by atoms with Gasteiger partial charge >= 0.3 is 0 Å². The Balaban J connectivity index is 0. The Morgan fingerprint density at radius 1 is 0.318 bits per heavy atom. The van der Waals surface area contributed by atoms with E-state index in [4.69, 9.17) is 28.4 Å². The van der Waals surface area contributed by atoms with Crippen molar-refractivity contribution in [3.63, 3.8) is 0 Å². The van der Waals surface area contributed by atoms with Gasteiger partial charge in [-0.25, -0.2) is 0 Å². The first-order valence-electron chi connectivity index (χ1n) is 8.29. The summed E-state index contributed by atoms with van der Waals surface area (Å²) in [6, 6.07) is 0. The molecular weight excluding hydrogens is 288 g/mol. The molecule has 0 fully saturated rings. The Labute approximate surface area is 136 Å². The largest absolute Gasteiger partial charge is 0.379 e. The van der Waals surface area contributed by atoms with Gasteiger partial charge in [0.25, 0.3) is 0 Å². The molecule has 0 amide bonds. The number of hydrogen-bond acceptors (Lipinski definition) is 6. The van der Waals surface area contributed by atoms with Crippen LogP contribution in [0.4, 0.5) is 0 Å². The third kappa shape index (κ3) is 28.0. The van der Waals surface area contributed by atoms with Crippen molar-refractivity contribution < 1.29 is 28.4 Å². The van der Waals surface area contributed by atoms with Crippen LogP contribution in [0.2, 0.25) is 0 Å². The standard InChI is InChI=1S/C10H22O4.C6H14O2/c1-3-11-5-7-13-9-10-14-8-6-12-4-2;1-3-7-5-6-8-4-2/h3-10H2,1-2H3;3-6H2,1-2H3. The molecule has 136 valence electrons. The number of rotatable bonds is 16. The van der Waals surface area contributed by atoms with Crippen molar-refractivity contribution in [2.75, 3.05) is 79.3 Å². The molecule has 0 aliphatic carbocycles. The molecule has 0 aliphatic rings. The minimum absolute atomic E-state index is 0.624. The lowest BCUT2D eigenvalue weighted by molar-refractivity contribution is 0.000930. The van der Waals surface area contributed by atoms with E-state index in [1.807, 2.05) is 27.7 Å². The van der Waals surface area contributed by atoms with Gasteiger partial charge in [-0.2, -0.15) is 0 Å². The molecule has 0 rings (SSSR count). The van der Waals surface area contributed by atoms with Gasteiger partial charge in [-0.3, -0.25) is 0 Å². The van der Waals surface area contributed by atoms with Crippen molar-refractivity contribution >= 4 is 0 Å². The maximum atomic E-state index is 5.25. The van der Waals surface area contributed by atoms with Crippen LogP contribution in [0.15, 0.2) is 0 Å². The van der Waals surface area contributed by atoms with E-state index in [0.717, 1.165) is 39.6 Å². The molecule has 0 aromatic rings. The predicted molar refractivity (Wildman–Crippen MR) is 87.6 cm³/mol. The van der Waals surface area contributed by atoms with Crippen LogP contribution in [-0.4, -0.2) is 79.3 Å². The lowest BCUT2D eigenvalue weighted by Crippen LogP contribution is -2.11. The van der Waals surface area contributed by atoms with Crippen LogP contribution in [0.3, 0.4) is 0 Å². The topological polar surface area (TPSA) is 55.4 Å². The van der Waals surface area contributed by atoms with Crippen molar-refractivity contribution in [3.05, 3.63) is 0 Å². The summed E-state index contributed by atoms with van der Waals surface area (Å²) < 4.78 is 30.7. The fraction of sp³-hybridized carbons (Fsp3) is 1.00. The van der Waals surface area contributed by atoms with Crippen molar-refractivity contribution in [2.24, 2.45) is 0 Å². The minimum atomic E-state index is 0.624. The van der Waals surface area contributed by atoms with Crippen LogP contribution in [0.25, 0.3) is 0 Å². The summed E-state index contributed by atoms with van der Waals surface area (Å²) in [7, 11) is 0. The van der Waals surface area contributed by atoms with E-state index in [9.17, 15) is 0 Å². The summed E-state index contributed by atoms with van der Waals surface area (Å²) in [6.07, 6.45) is 0. The van der Waals surface area contributed by atoms with Crippen molar-refractivity contribution in [1.29, 1.82) is 0 Å². The molecular formula is C16H36O6. The van der Waals surface area contributed by atoms with E-state index in [2.05, 4.69) is 0 Å². The maximum Gasteiger partial charge on any atom is 0.0701 e. The van der Waals surface area contributed by atoms with E-state index >= 15 is 0 Å². The highest BCUT2D eigenvalue weighted by Gasteiger charge is 1.90. The Kier molecular flexibility index (Phi) is 28.1. The van der Waals surface area contributed by atoms with Crippen LogP contribution in [0, 0.1) is 0 Å². The Morgan fingerprint density at radius 3 is 0.682 bits per heavy atom. The molecule has 22 heavy (non-hydrogen) atoms. The van der Waals surface area contributed by atoms with Crippen LogP contribution in [0.1, 0.15) is 27.7 Å². The Bertz CT molecular complexity index is 151. The number of hydrogen-bond donors (Lipinski definition) is 0. The minimum Gasteiger partial charge on any atom is -0.379 e. The highest BCUT2D eigenvalue weighted by Crippen LogP contribution is 1.82. The Morgan fingerprint density at radius 2 is 0.500 bits per heavy atom. The van der Waals surface area contributed by atoms with Crippen molar-refractivity contribution in [3.8, 4) is 0 Å². The first kappa shape index (κ1) is 24.0.